The molecule has 1 unspecified atom stereocenters. The van der Waals surface area contributed by atoms with Gasteiger partial charge in [-0.3, -0.25) is 14.6 Å². The Morgan fingerprint density at radius 2 is 1.97 bits per heavy atom. The number of halogens is 3. The van der Waals surface area contributed by atoms with E-state index < -0.39 is 36.2 Å². The van der Waals surface area contributed by atoms with Gasteiger partial charge in [-0.05, 0) is 68.2 Å². The molecule has 1 atom stereocenters. The molecule has 1 aromatic heterocycles. The Labute approximate surface area is 207 Å². The van der Waals surface area contributed by atoms with Crippen molar-refractivity contribution in [2.45, 2.75) is 45.7 Å². The van der Waals surface area contributed by atoms with Gasteiger partial charge in [0, 0.05) is 17.0 Å². The van der Waals surface area contributed by atoms with Crippen LogP contribution in [0.1, 0.15) is 53.4 Å². The highest BCUT2D eigenvalue weighted by Gasteiger charge is 2.51. The molecule has 0 saturated heterocycles. The standard InChI is InChI=1S/C26H29F3N4O3/c1-3-36-23(34)13-25(15-26(27,28)29)11-10-17-12-18(5-7-20(17)24(25)35)21(30)8-9-22(31)33-19-6-4-16(2)32-14-19/h4-9,12,14,33H,3,10-11,13,15,30-31H2,1-2H3/b21-8-,22-9+. The van der Waals surface area contributed by atoms with E-state index in [-0.39, 0.29) is 25.0 Å². The number of nitrogens with two attached hydrogens (primary N) is 2. The van der Waals surface area contributed by atoms with E-state index in [9.17, 15) is 22.8 Å². The van der Waals surface area contributed by atoms with Crippen LogP contribution < -0.4 is 16.8 Å². The van der Waals surface area contributed by atoms with Crippen molar-refractivity contribution in [3.63, 3.8) is 0 Å². The number of allylic oxidation sites excluding steroid dienone is 2. The first-order valence-corrected chi connectivity index (χ1v) is 11.5. The van der Waals surface area contributed by atoms with Crippen LogP contribution in [0.3, 0.4) is 0 Å². The van der Waals surface area contributed by atoms with Crippen molar-refractivity contribution in [3.05, 3.63) is 76.9 Å². The normalized spacial score (nSPS) is 18.5. The molecule has 0 bridgehead atoms. The second-order valence-corrected chi connectivity index (χ2v) is 8.81. The van der Waals surface area contributed by atoms with E-state index in [1.807, 2.05) is 19.1 Å². The van der Waals surface area contributed by atoms with Crippen molar-refractivity contribution >= 4 is 23.1 Å². The van der Waals surface area contributed by atoms with Crippen LogP contribution in [0, 0.1) is 12.3 Å². The van der Waals surface area contributed by atoms with Crippen molar-refractivity contribution in [2.24, 2.45) is 16.9 Å². The van der Waals surface area contributed by atoms with Gasteiger partial charge in [0.05, 0.1) is 36.7 Å². The lowest BCUT2D eigenvalue weighted by Crippen LogP contribution is -2.42. The van der Waals surface area contributed by atoms with E-state index in [1.165, 1.54) is 6.07 Å². The van der Waals surface area contributed by atoms with Gasteiger partial charge in [-0.1, -0.05) is 12.1 Å². The molecular weight excluding hydrogens is 473 g/mol. The number of nitrogens with zero attached hydrogens (tertiary/aromatic N) is 1. The molecule has 192 valence electrons. The number of pyridine rings is 1. The van der Waals surface area contributed by atoms with Crippen LogP contribution >= 0.6 is 0 Å². The molecule has 0 radical (unpaired) electrons. The van der Waals surface area contributed by atoms with Crippen molar-refractivity contribution in [2.75, 3.05) is 11.9 Å². The van der Waals surface area contributed by atoms with E-state index in [2.05, 4.69) is 10.3 Å². The summed E-state index contributed by atoms with van der Waals surface area (Å²) in [6, 6.07) is 8.38. The molecule has 0 amide bonds. The predicted octanol–water partition coefficient (Wildman–Crippen LogP) is 4.62. The molecule has 36 heavy (non-hydrogen) atoms. The van der Waals surface area contributed by atoms with E-state index in [0.717, 1.165) is 5.69 Å². The minimum atomic E-state index is -4.61. The number of hydrogen-bond acceptors (Lipinski definition) is 7. The summed E-state index contributed by atoms with van der Waals surface area (Å²) in [6.07, 6.45) is -1.72. The van der Waals surface area contributed by atoms with E-state index in [4.69, 9.17) is 16.2 Å². The number of ketones is 1. The number of hydrogen-bond donors (Lipinski definition) is 3. The maximum atomic E-state index is 13.4. The van der Waals surface area contributed by atoms with Gasteiger partial charge in [-0.25, -0.2) is 0 Å². The van der Waals surface area contributed by atoms with Crippen molar-refractivity contribution in [3.8, 4) is 0 Å². The highest BCUT2D eigenvalue weighted by molar-refractivity contribution is 6.04. The van der Waals surface area contributed by atoms with Gasteiger partial charge in [0.15, 0.2) is 5.78 Å². The molecule has 1 aromatic carbocycles. The molecule has 10 heteroatoms. The lowest BCUT2D eigenvalue weighted by Gasteiger charge is -2.36. The fourth-order valence-corrected chi connectivity index (χ4v) is 4.27. The monoisotopic (exact) mass is 502 g/mol. The van der Waals surface area contributed by atoms with Crippen LogP contribution in [-0.4, -0.2) is 29.5 Å². The number of Topliss-reactive ketones (excluding diaryl/α,β-unsaturated/α-hetero) is 1. The Morgan fingerprint density at radius 1 is 1.22 bits per heavy atom. The molecule has 1 aliphatic carbocycles. The second-order valence-electron chi connectivity index (χ2n) is 8.81. The molecule has 7 nitrogen and oxygen atoms in total. The zero-order valence-corrected chi connectivity index (χ0v) is 20.1. The number of alkyl halides is 3. The fraction of sp³-hybridized carbons (Fsp3) is 0.346. The van der Waals surface area contributed by atoms with E-state index in [0.29, 0.717) is 28.3 Å². The third-order valence-corrected chi connectivity index (χ3v) is 6.01. The van der Waals surface area contributed by atoms with Crippen LogP contribution in [-0.2, 0) is 16.0 Å². The lowest BCUT2D eigenvalue weighted by atomic mass is 9.66. The second kappa shape index (κ2) is 10.8. The number of fused-ring (bicyclic) bond motifs is 1. The maximum absolute atomic E-state index is 13.4. The van der Waals surface area contributed by atoms with Crippen LogP contribution in [0.2, 0.25) is 0 Å². The summed E-state index contributed by atoms with van der Waals surface area (Å²) in [6.45, 7) is 3.46. The summed E-state index contributed by atoms with van der Waals surface area (Å²) in [5, 5.41) is 2.99. The molecule has 0 fully saturated rings. The third kappa shape index (κ3) is 6.65. The number of nitrogens with one attached hydrogen (secondary N) is 1. The number of aryl methyl sites for hydroxylation is 2. The molecule has 5 N–H and O–H groups in total. The number of rotatable bonds is 8. The number of aromatic nitrogens is 1. The Balaban J connectivity index is 1.82. The highest BCUT2D eigenvalue weighted by atomic mass is 19.4. The zero-order chi connectivity index (χ0) is 26.5. The number of anilines is 1. The number of carbonyl (C=O) groups is 2. The molecule has 2 aromatic rings. The zero-order valence-electron chi connectivity index (χ0n) is 20.1. The Bertz CT molecular complexity index is 1190. The Kier molecular flexibility index (Phi) is 8.07. The average Bonchev–Trinajstić information content (AvgIpc) is 2.80. The third-order valence-electron chi connectivity index (χ3n) is 6.01. The van der Waals surface area contributed by atoms with Crippen molar-refractivity contribution in [1.82, 2.24) is 4.98 Å². The largest absolute Gasteiger partial charge is 0.466 e. The van der Waals surface area contributed by atoms with Gasteiger partial charge >= 0.3 is 12.1 Å². The fourth-order valence-electron chi connectivity index (χ4n) is 4.27. The van der Waals surface area contributed by atoms with Gasteiger partial charge in [0.25, 0.3) is 0 Å². The van der Waals surface area contributed by atoms with Gasteiger partial charge in [0.1, 0.15) is 5.82 Å². The first-order chi connectivity index (χ1) is 16.9. The van der Waals surface area contributed by atoms with Crippen LogP contribution in [0.4, 0.5) is 18.9 Å². The van der Waals surface area contributed by atoms with Gasteiger partial charge < -0.3 is 21.5 Å². The first-order valence-electron chi connectivity index (χ1n) is 11.5. The predicted molar refractivity (Wildman–Crippen MR) is 130 cm³/mol. The van der Waals surface area contributed by atoms with Crippen molar-refractivity contribution < 1.29 is 27.5 Å². The molecule has 1 heterocycles. The van der Waals surface area contributed by atoms with Crippen LogP contribution in [0.25, 0.3) is 5.70 Å². The highest BCUT2D eigenvalue weighted by Crippen LogP contribution is 2.46. The molecule has 0 spiro atoms. The summed E-state index contributed by atoms with van der Waals surface area (Å²) in [5.41, 5.74) is 13.6. The summed E-state index contributed by atoms with van der Waals surface area (Å²) in [4.78, 5) is 29.5. The summed E-state index contributed by atoms with van der Waals surface area (Å²) in [5.74, 6) is -1.20. The Hall–Kier alpha value is -3.82. The summed E-state index contributed by atoms with van der Waals surface area (Å²) >= 11 is 0. The summed E-state index contributed by atoms with van der Waals surface area (Å²) < 4.78 is 45.0. The molecular formula is C26H29F3N4O3. The number of benzene rings is 1. The van der Waals surface area contributed by atoms with Crippen molar-refractivity contribution in [1.29, 1.82) is 0 Å². The minimum absolute atomic E-state index is 0.0249. The average molecular weight is 503 g/mol. The number of carbonyl (C=O) groups excluding carboxylic acids is 2. The molecule has 0 saturated carbocycles. The van der Waals surface area contributed by atoms with E-state index in [1.54, 1.807) is 37.4 Å². The van der Waals surface area contributed by atoms with Gasteiger partial charge in [-0.2, -0.15) is 13.2 Å². The summed E-state index contributed by atoms with van der Waals surface area (Å²) in [7, 11) is 0. The quantitative estimate of drug-likeness (QED) is 0.356. The maximum Gasteiger partial charge on any atom is 0.390 e. The topological polar surface area (TPSA) is 120 Å². The van der Waals surface area contributed by atoms with Gasteiger partial charge in [-0.15, -0.1) is 0 Å². The Morgan fingerprint density at radius 3 is 2.61 bits per heavy atom. The van der Waals surface area contributed by atoms with Gasteiger partial charge in [0.2, 0.25) is 0 Å². The van der Waals surface area contributed by atoms with Crippen LogP contribution in [0.15, 0.2) is 54.5 Å². The van der Waals surface area contributed by atoms with Crippen LogP contribution in [0.5, 0.6) is 0 Å². The lowest BCUT2D eigenvalue weighted by molar-refractivity contribution is -0.162. The van der Waals surface area contributed by atoms with E-state index >= 15 is 0 Å². The minimum Gasteiger partial charge on any atom is -0.466 e. The molecule has 1 aliphatic rings. The number of ether oxygens (including phenoxy) is 1. The molecule has 0 aliphatic heterocycles. The first kappa shape index (κ1) is 26.8. The molecule has 3 rings (SSSR count). The number of esters is 1. The SMILES string of the molecule is CCOC(=O)CC1(CC(F)(F)F)CCc2cc(/C(N)=C/C=C(\N)Nc3ccc(C)nc3)ccc2C1=O. The smallest absolute Gasteiger partial charge is 0.390 e.